The molecule has 1 spiro atoms. The number of benzene rings is 2. The van der Waals surface area contributed by atoms with Gasteiger partial charge in [0.15, 0.2) is 0 Å². The molecule has 1 aromatic heterocycles. The number of nitrogens with one attached hydrogen (secondary N) is 1. The van der Waals surface area contributed by atoms with E-state index in [1.54, 1.807) is 18.2 Å². The van der Waals surface area contributed by atoms with Crippen molar-refractivity contribution in [2.75, 3.05) is 30.3 Å². The molecule has 8 nitrogen and oxygen atoms in total. The van der Waals surface area contributed by atoms with Gasteiger partial charge >= 0.3 is 12.1 Å². The molecule has 190 valence electrons. The van der Waals surface area contributed by atoms with Gasteiger partial charge in [0.05, 0.1) is 0 Å². The zero-order valence-corrected chi connectivity index (χ0v) is 19.3. The highest BCUT2D eigenvalue weighted by Gasteiger charge is 2.48. The highest BCUT2D eigenvalue weighted by molar-refractivity contribution is 5.83. The average Bonchev–Trinajstić information content (AvgIpc) is 3.25. The lowest BCUT2D eigenvalue weighted by atomic mass is 9.72. The number of anilines is 2. The summed E-state index contributed by atoms with van der Waals surface area (Å²) in [6.07, 6.45) is -4.95. The summed E-state index contributed by atoms with van der Waals surface area (Å²) < 4.78 is 47.6. The maximum atomic E-state index is 14.1. The first-order valence-corrected chi connectivity index (χ1v) is 11.7. The number of ether oxygens (including phenoxy) is 1. The Bertz CT molecular complexity index is 1280. The monoisotopic (exact) mass is 501 g/mol. The molecule has 2 aromatic carbocycles. The number of halogens is 3. The normalized spacial score (nSPS) is 20.5. The van der Waals surface area contributed by atoms with Crippen LogP contribution >= 0.6 is 0 Å². The van der Waals surface area contributed by atoms with E-state index in [9.17, 15) is 23.1 Å². The fourth-order valence-corrected chi connectivity index (χ4v) is 5.36. The number of nitrogen functional groups attached to an aromatic ring is 1. The van der Waals surface area contributed by atoms with Crippen LogP contribution < -0.4 is 20.7 Å². The van der Waals surface area contributed by atoms with E-state index in [2.05, 4.69) is 15.3 Å². The summed E-state index contributed by atoms with van der Waals surface area (Å²) in [4.78, 5) is 21.7. The lowest BCUT2D eigenvalue weighted by molar-refractivity contribution is -0.198. The average molecular weight is 502 g/mol. The summed E-state index contributed by atoms with van der Waals surface area (Å²) in [7, 11) is 0. The zero-order valence-electron chi connectivity index (χ0n) is 19.3. The van der Waals surface area contributed by atoms with Crippen LogP contribution in [0.2, 0.25) is 0 Å². The number of aromatic nitrogens is 2. The van der Waals surface area contributed by atoms with Gasteiger partial charge in [0.2, 0.25) is 17.9 Å². The Labute approximate surface area is 205 Å². The van der Waals surface area contributed by atoms with E-state index >= 15 is 0 Å². The number of carboxylic acids is 1. The number of carbonyl (C=O) groups is 1. The summed E-state index contributed by atoms with van der Waals surface area (Å²) in [5.41, 5.74) is 5.45. The van der Waals surface area contributed by atoms with Crippen LogP contribution in [-0.4, -0.2) is 52.9 Å². The second kappa shape index (κ2) is 9.12. The minimum absolute atomic E-state index is 0.0479. The molecule has 2 aliphatic rings. The van der Waals surface area contributed by atoms with E-state index in [0.717, 1.165) is 11.8 Å². The van der Waals surface area contributed by atoms with E-state index < -0.39 is 24.3 Å². The molecule has 3 aromatic rings. The number of rotatable bonds is 5. The molecule has 36 heavy (non-hydrogen) atoms. The van der Waals surface area contributed by atoms with E-state index in [-0.39, 0.29) is 22.8 Å². The summed E-state index contributed by atoms with van der Waals surface area (Å²) in [5.74, 6) is -0.994. The SMILES string of the molecule is Nc1nc(O[C@H](c2ccc3ccccc3c2)C(F)(F)F)cc(N2CCC3(CCN[C@@H]3C(=O)O)CC2)n1. The van der Waals surface area contributed by atoms with Gasteiger partial charge in [-0.1, -0.05) is 36.4 Å². The quantitative estimate of drug-likeness (QED) is 0.482. The number of aliphatic carboxylic acids is 1. The van der Waals surface area contributed by atoms with Crippen LogP contribution in [0.1, 0.15) is 30.9 Å². The van der Waals surface area contributed by atoms with Gasteiger partial charge in [-0.05, 0) is 42.6 Å². The number of hydrogen-bond donors (Lipinski definition) is 3. The molecule has 2 fully saturated rings. The van der Waals surface area contributed by atoms with Crippen molar-refractivity contribution >= 4 is 28.5 Å². The van der Waals surface area contributed by atoms with Crippen molar-refractivity contribution in [1.29, 1.82) is 0 Å². The fourth-order valence-electron chi connectivity index (χ4n) is 5.36. The molecule has 5 rings (SSSR count). The van der Waals surface area contributed by atoms with Gasteiger partial charge in [0.25, 0.3) is 0 Å². The molecule has 0 radical (unpaired) electrons. The van der Waals surface area contributed by atoms with Crippen LogP contribution in [0.3, 0.4) is 0 Å². The predicted octanol–water partition coefficient (Wildman–Crippen LogP) is 3.93. The third-order valence-electron chi connectivity index (χ3n) is 7.23. The number of nitrogens with two attached hydrogens (primary N) is 1. The summed E-state index contributed by atoms with van der Waals surface area (Å²) in [6, 6.07) is 12.4. The number of hydrogen-bond acceptors (Lipinski definition) is 7. The molecular weight excluding hydrogens is 475 g/mol. The molecule has 0 amide bonds. The first-order valence-electron chi connectivity index (χ1n) is 11.7. The van der Waals surface area contributed by atoms with Gasteiger partial charge in [-0.3, -0.25) is 4.79 Å². The standard InChI is InChI=1S/C25H26F3N5O3/c26-25(27,28)21(17-6-5-15-3-1-2-4-16(15)13-17)36-19-14-18(31-23(29)32-19)33-11-8-24(9-12-33)7-10-30-20(24)22(34)35/h1-6,13-14,20-21,30H,7-12H2,(H,34,35)(H2,29,31,32)/t20-,21-/m1/s1. The Hall–Kier alpha value is -3.60. The van der Waals surface area contributed by atoms with E-state index in [0.29, 0.717) is 43.7 Å². The summed E-state index contributed by atoms with van der Waals surface area (Å²) in [6.45, 7) is 1.63. The number of alkyl halides is 3. The highest BCUT2D eigenvalue weighted by atomic mass is 19.4. The van der Waals surface area contributed by atoms with Crippen LogP contribution in [0, 0.1) is 5.41 Å². The van der Waals surface area contributed by atoms with E-state index in [1.165, 1.54) is 18.2 Å². The van der Waals surface area contributed by atoms with Crippen LogP contribution in [0.5, 0.6) is 5.88 Å². The minimum atomic E-state index is -4.69. The third-order valence-corrected chi connectivity index (χ3v) is 7.23. The van der Waals surface area contributed by atoms with Gasteiger partial charge in [-0.15, -0.1) is 0 Å². The van der Waals surface area contributed by atoms with Crippen molar-refractivity contribution in [3.63, 3.8) is 0 Å². The number of fused-ring (bicyclic) bond motifs is 1. The first-order chi connectivity index (χ1) is 17.1. The number of piperidine rings is 1. The van der Waals surface area contributed by atoms with Crippen molar-refractivity contribution in [1.82, 2.24) is 15.3 Å². The van der Waals surface area contributed by atoms with Crippen LogP contribution in [0.25, 0.3) is 10.8 Å². The second-order valence-electron chi connectivity index (χ2n) is 9.39. The van der Waals surface area contributed by atoms with Crippen molar-refractivity contribution < 1.29 is 27.8 Å². The molecule has 2 aliphatic heterocycles. The summed E-state index contributed by atoms with van der Waals surface area (Å²) in [5, 5.41) is 14.1. The van der Waals surface area contributed by atoms with Crippen LogP contribution in [-0.2, 0) is 4.79 Å². The lowest BCUT2D eigenvalue weighted by Gasteiger charge is -2.41. The summed E-state index contributed by atoms with van der Waals surface area (Å²) >= 11 is 0. The Morgan fingerprint density at radius 2 is 1.83 bits per heavy atom. The van der Waals surface area contributed by atoms with Gasteiger partial charge in [0.1, 0.15) is 11.9 Å². The highest BCUT2D eigenvalue weighted by Crippen LogP contribution is 2.43. The fraction of sp³-hybridized carbons (Fsp3) is 0.400. The van der Waals surface area contributed by atoms with Crippen molar-refractivity contribution in [3.8, 4) is 5.88 Å². The molecular formula is C25H26F3N5O3. The van der Waals surface area contributed by atoms with Gasteiger partial charge in [0, 0.05) is 30.1 Å². The smallest absolute Gasteiger partial charge is 0.429 e. The number of carboxylic acid groups (broad SMARTS) is 1. The van der Waals surface area contributed by atoms with Crippen molar-refractivity contribution in [2.24, 2.45) is 5.41 Å². The lowest BCUT2D eigenvalue weighted by Crippen LogP contribution is -2.50. The Balaban J connectivity index is 1.38. The molecule has 2 atom stereocenters. The molecule has 11 heteroatoms. The second-order valence-corrected chi connectivity index (χ2v) is 9.39. The van der Waals surface area contributed by atoms with Gasteiger partial charge in [-0.2, -0.15) is 23.1 Å². The Morgan fingerprint density at radius 3 is 2.53 bits per heavy atom. The maximum absolute atomic E-state index is 14.1. The third kappa shape index (κ3) is 4.62. The minimum Gasteiger partial charge on any atom is -0.480 e. The molecule has 0 aliphatic carbocycles. The molecule has 3 heterocycles. The van der Waals surface area contributed by atoms with Crippen LogP contribution in [0.15, 0.2) is 48.5 Å². The molecule has 0 unspecified atom stereocenters. The molecule has 0 bridgehead atoms. The van der Waals surface area contributed by atoms with Crippen molar-refractivity contribution in [3.05, 3.63) is 54.1 Å². The number of nitrogens with zero attached hydrogens (tertiary/aromatic N) is 3. The largest absolute Gasteiger partial charge is 0.480 e. The van der Waals surface area contributed by atoms with Gasteiger partial charge < -0.3 is 25.8 Å². The van der Waals surface area contributed by atoms with Crippen molar-refractivity contribution in [2.45, 2.75) is 37.6 Å². The Morgan fingerprint density at radius 1 is 1.11 bits per heavy atom. The molecule has 2 saturated heterocycles. The van der Waals surface area contributed by atoms with E-state index in [1.807, 2.05) is 17.0 Å². The maximum Gasteiger partial charge on any atom is 0.429 e. The first kappa shape index (κ1) is 24.1. The molecule has 4 N–H and O–H groups in total. The molecule has 0 saturated carbocycles. The topological polar surface area (TPSA) is 114 Å². The van der Waals surface area contributed by atoms with E-state index in [4.69, 9.17) is 10.5 Å². The van der Waals surface area contributed by atoms with Crippen LogP contribution in [0.4, 0.5) is 24.9 Å². The van der Waals surface area contributed by atoms with Gasteiger partial charge in [-0.25, -0.2) is 0 Å². The Kier molecular flexibility index (Phi) is 6.11. The zero-order chi connectivity index (χ0) is 25.5. The predicted molar refractivity (Wildman–Crippen MR) is 128 cm³/mol.